The van der Waals surface area contributed by atoms with Gasteiger partial charge in [-0.05, 0) is 41.4 Å². The molecule has 5 nitrogen and oxygen atoms in total. The minimum absolute atomic E-state index is 0.111. The van der Waals surface area contributed by atoms with Crippen LogP contribution in [-0.4, -0.2) is 26.2 Å². The van der Waals surface area contributed by atoms with Gasteiger partial charge in [-0.2, -0.15) is 0 Å². The highest BCUT2D eigenvalue weighted by molar-refractivity contribution is 6.01. The van der Waals surface area contributed by atoms with Crippen molar-refractivity contribution in [3.63, 3.8) is 0 Å². The average molecular weight is 405 g/mol. The molecule has 156 valence electrons. The number of anilines is 1. The van der Waals surface area contributed by atoms with Gasteiger partial charge in [0.15, 0.2) is 5.41 Å². The quantitative estimate of drug-likeness (QED) is 0.617. The SMILES string of the molecule is COC(=O)C1(C(=O)OC)C[C@@H]2C(C)(C)[C@@]3(c4ccccc4)Nc4ccccc4[C@@]23C1. The second-order valence-electron chi connectivity index (χ2n) is 9.48. The molecule has 5 rings (SSSR count). The Morgan fingerprint density at radius 2 is 1.53 bits per heavy atom. The van der Waals surface area contributed by atoms with Crippen LogP contribution in [0.5, 0.6) is 0 Å². The third kappa shape index (κ3) is 1.81. The molecule has 30 heavy (non-hydrogen) atoms. The van der Waals surface area contributed by atoms with Gasteiger partial charge in [-0.1, -0.05) is 62.4 Å². The van der Waals surface area contributed by atoms with E-state index in [1.165, 1.54) is 25.3 Å². The normalized spacial score (nSPS) is 31.4. The van der Waals surface area contributed by atoms with Crippen LogP contribution in [0.15, 0.2) is 54.6 Å². The fraction of sp³-hybridized carbons (Fsp3) is 0.440. The third-order valence-corrected chi connectivity index (χ3v) is 8.32. The van der Waals surface area contributed by atoms with E-state index in [9.17, 15) is 9.59 Å². The van der Waals surface area contributed by atoms with Gasteiger partial charge in [0.25, 0.3) is 0 Å². The lowest BCUT2D eigenvalue weighted by atomic mass is 9.35. The minimum atomic E-state index is -1.30. The van der Waals surface area contributed by atoms with Crippen molar-refractivity contribution < 1.29 is 19.1 Å². The van der Waals surface area contributed by atoms with E-state index < -0.39 is 28.3 Å². The molecule has 0 unspecified atom stereocenters. The Bertz CT molecular complexity index is 1030. The highest BCUT2D eigenvalue weighted by Gasteiger charge is 2.85. The van der Waals surface area contributed by atoms with Gasteiger partial charge < -0.3 is 14.8 Å². The molecule has 0 aromatic heterocycles. The van der Waals surface area contributed by atoms with Crippen LogP contribution in [0.1, 0.15) is 37.8 Å². The van der Waals surface area contributed by atoms with Crippen LogP contribution in [0, 0.1) is 16.7 Å². The number of ether oxygens (including phenoxy) is 2. The minimum Gasteiger partial charge on any atom is -0.468 e. The zero-order valence-corrected chi connectivity index (χ0v) is 17.8. The molecule has 1 spiro atoms. The number of fused-ring (bicyclic) bond motifs is 1. The summed E-state index contributed by atoms with van der Waals surface area (Å²) in [6.45, 7) is 4.48. The van der Waals surface area contributed by atoms with Gasteiger partial charge >= 0.3 is 11.9 Å². The Kier molecular flexibility index (Phi) is 3.75. The van der Waals surface area contributed by atoms with Gasteiger partial charge in [-0.3, -0.25) is 9.59 Å². The van der Waals surface area contributed by atoms with E-state index in [4.69, 9.17) is 9.47 Å². The average Bonchev–Trinajstić information content (AvgIpc) is 3.27. The van der Waals surface area contributed by atoms with Crippen molar-refractivity contribution >= 4 is 17.6 Å². The van der Waals surface area contributed by atoms with E-state index in [-0.39, 0.29) is 11.3 Å². The number of benzene rings is 2. The molecule has 0 bridgehead atoms. The molecule has 0 saturated heterocycles. The second-order valence-corrected chi connectivity index (χ2v) is 9.48. The van der Waals surface area contributed by atoms with Crippen LogP contribution in [0.25, 0.3) is 0 Å². The number of hydrogen-bond donors (Lipinski definition) is 1. The van der Waals surface area contributed by atoms with Crippen LogP contribution in [0.2, 0.25) is 0 Å². The lowest BCUT2D eigenvalue weighted by Gasteiger charge is -2.70. The molecule has 3 aliphatic rings. The van der Waals surface area contributed by atoms with E-state index in [1.807, 2.05) is 18.2 Å². The molecule has 0 radical (unpaired) electrons. The first-order valence-electron chi connectivity index (χ1n) is 10.4. The van der Waals surface area contributed by atoms with Crippen molar-refractivity contribution in [2.45, 2.75) is 37.6 Å². The maximum absolute atomic E-state index is 13.1. The van der Waals surface area contributed by atoms with Crippen LogP contribution < -0.4 is 5.32 Å². The van der Waals surface area contributed by atoms with Crippen molar-refractivity contribution in [1.82, 2.24) is 0 Å². The van der Waals surface area contributed by atoms with Crippen molar-refractivity contribution in [1.29, 1.82) is 0 Å². The number of nitrogens with one attached hydrogen (secondary N) is 1. The van der Waals surface area contributed by atoms with E-state index in [0.717, 1.165) is 5.69 Å². The number of carbonyl (C=O) groups excluding carboxylic acids is 2. The molecule has 0 amide bonds. The highest BCUT2D eigenvalue weighted by Crippen LogP contribution is 2.83. The number of esters is 2. The standard InChI is InChI=1S/C25H27NO4/c1-22(2)19-14-23(20(27)29-3,21(28)30-4)15-24(19)17-12-8-9-13-18(17)26-25(22,24)16-10-6-5-7-11-16/h5-13,19,26H,14-15H2,1-4H3/t19-,24+,25-/m1/s1. The molecule has 2 aromatic rings. The largest absolute Gasteiger partial charge is 0.468 e. The van der Waals surface area contributed by atoms with Crippen molar-refractivity contribution in [2.24, 2.45) is 16.7 Å². The van der Waals surface area contributed by atoms with Gasteiger partial charge in [0.2, 0.25) is 0 Å². The molecule has 3 atom stereocenters. The van der Waals surface area contributed by atoms with Gasteiger partial charge in [-0.15, -0.1) is 0 Å². The summed E-state index contributed by atoms with van der Waals surface area (Å²) in [5, 5.41) is 3.86. The smallest absolute Gasteiger partial charge is 0.323 e. The van der Waals surface area contributed by atoms with Gasteiger partial charge in [-0.25, -0.2) is 0 Å². The van der Waals surface area contributed by atoms with E-state index in [1.54, 1.807) is 0 Å². The monoisotopic (exact) mass is 405 g/mol. The van der Waals surface area contributed by atoms with Crippen LogP contribution in [-0.2, 0) is 30.0 Å². The lowest BCUT2D eigenvalue weighted by Crippen LogP contribution is -2.74. The van der Waals surface area contributed by atoms with Gasteiger partial charge in [0.05, 0.1) is 19.8 Å². The summed E-state index contributed by atoms with van der Waals surface area (Å²) in [6, 6.07) is 18.7. The maximum Gasteiger partial charge on any atom is 0.323 e. The topological polar surface area (TPSA) is 64.6 Å². The maximum atomic E-state index is 13.1. The zero-order valence-electron chi connectivity index (χ0n) is 17.8. The number of rotatable bonds is 3. The Morgan fingerprint density at radius 3 is 2.17 bits per heavy atom. The van der Waals surface area contributed by atoms with Crippen LogP contribution in [0.4, 0.5) is 5.69 Å². The summed E-state index contributed by atoms with van der Waals surface area (Å²) in [7, 11) is 2.70. The molecule has 2 fully saturated rings. The molecule has 2 aliphatic carbocycles. The van der Waals surface area contributed by atoms with Crippen molar-refractivity contribution in [2.75, 3.05) is 19.5 Å². The van der Waals surface area contributed by atoms with Crippen molar-refractivity contribution in [3.8, 4) is 0 Å². The summed E-state index contributed by atoms with van der Waals surface area (Å²) in [6.07, 6.45) is 0.788. The summed E-state index contributed by atoms with van der Waals surface area (Å²) in [5.41, 5.74) is 1.07. The summed E-state index contributed by atoms with van der Waals surface area (Å²) >= 11 is 0. The molecular weight excluding hydrogens is 378 g/mol. The molecule has 2 saturated carbocycles. The Balaban J connectivity index is 1.80. The number of hydrogen-bond acceptors (Lipinski definition) is 5. The fourth-order valence-corrected chi connectivity index (χ4v) is 7.33. The molecule has 1 N–H and O–H groups in total. The molecule has 1 aliphatic heterocycles. The molecule has 2 aromatic carbocycles. The van der Waals surface area contributed by atoms with E-state index in [0.29, 0.717) is 12.8 Å². The first-order valence-corrected chi connectivity index (χ1v) is 10.4. The molecule has 5 heteroatoms. The lowest BCUT2D eigenvalue weighted by molar-refractivity contribution is -0.169. The summed E-state index contributed by atoms with van der Waals surface area (Å²) < 4.78 is 10.3. The third-order valence-electron chi connectivity index (χ3n) is 8.32. The Labute approximate surface area is 176 Å². The predicted octanol–water partition coefficient (Wildman–Crippen LogP) is 4.03. The highest BCUT2D eigenvalue weighted by atomic mass is 16.5. The van der Waals surface area contributed by atoms with E-state index in [2.05, 4.69) is 55.6 Å². The first kappa shape index (κ1) is 19.2. The Morgan fingerprint density at radius 1 is 0.933 bits per heavy atom. The van der Waals surface area contributed by atoms with E-state index >= 15 is 0 Å². The predicted molar refractivity (Wildman–Crippen MR) is 113 cm³/mol. The number of para-hydroxylation sites is 1. The summed E-state index contributed by atoms with van der Waals surface area (Å²) in [5.74, 6) is -0.889. The fourth-order valence-electron chi connectivity index (χ4n) is 7.33. The Hall–Kier alpha value is -2.82. The second kappa shape index (κ2) is 5.87. The van der Waals surface area contributed by atoms with Gasteiger partial charge in [0, 0.05) is 11.1 Å². The molecule has 1 heterocycles. The summed E-state index contributed by atoms with van der Waals surface area (Å²) in [4.78, 5) is 26.1. The number of methoxy groups -OCH3 is 2. The zero-order chi connectivity index (χ0) is 21.4. The van der Waals surface area contributed by atoms with Crippen LogP contribution >= 0.6 is 0 Å². The van der Waals surface area contributed by atoms with Crippen molar-refractivity contribution in [3.05, 3.63) is 65.7 Å². The van der Waals surface area contributed by atoms with Gasteiger partial charge in [0.1, 0.15) is 0 Å². The number of carbonyl (C=O) groups is 2. The molecular formula is C25H27NO4. The van der Waals surface area contributed by atoms with Crippen LogP contribution in [0.3, 0.4) is 0 Å². The first-order chi connectivity index (χ1) is 14.3.